The molecule has 0 spiro atoms. The van der Waals surface area contributed by atoms with Crippen molar-refractivity contribution < 1.29 is 0 Å². The third-order valence-corrected chi connectivity index (χ3v) is 6.41. The van der Waals surface area contributed by atoms with Gasteiger partial charge in [-0.3, -0.25) is 0 Å². The van der Waals surface area contributed by atoms with Crippen molar-refractivity contribution in [2.45, 2.75) is 25.2 Å². The Morgan fingerprint density at radius 1 is 0.759 bits per heavy atom. The number of aryl methyl sites for hydroxylation is 1. The molecule has 0 unspecified atom stereocenters. The molecule has 0 N–H and O–H groups in total. The Hall–Kier alpha value is -2.83. The molecule has 4 aromatic rings. The number of allylic oxidation sites excluding steroid dienone is 2. The van der Waals surface area contributed by atoms with Crippen LogP contribution in [0.2, 0.25) is 5.02 Å². The van der Waals surface area contributed by atoms with Crippen LogP contribution in [0.25, 0.3) is 16.3 Å². The van der Waals surface area contributed by atoms with Gasteiger partial charge < -0.3 is 0 Å². The van der Waals surface area contributed by atoms with Crippen LogP contribution in [-0.4, -0.2) is 0 Å². The van der Waals surface area contributed by atoms with E-state index in [1.54, 1.807) is 0 Å². The molecular formula is C28H23Cl. The first-order valence-electron chi connectivity index (χ1n) is 10.2. The minimum atomic E-state index is 0.368. The standard InChI is InChI=1S/C28H23Cl/c1-19-9-11-22(12-10-19)27-17-23(20-13-15-24(29)16-14-20)18-28(27)26-8-4-6-21-5-2-3-7-25(21)26/h2-17,27-28H,18H2,1H3/t27-,28-/m0/s1. The average Bonchev–Trinajstić information content (AvgIpc) is 3.19. The van der Waals surface area contributed by atoms with Crippen LogP contribution in [0.4, 0.5) is 0 Å². The number of hydrogen-bond donors (Lipinski definition) is 0. The molecule has 0 radical (unpaired) electrons. The van der Waals surface area contributed by atoms with Gasteiger partial charge in [-0.05, 0) is 64.4 Å². The molecule has 1 aliphatic rings. The minimum absolute atomic E-state index is 0.368. The molecule has 142 valence electrons. The summed E-state index contributed by atoms with van der Waals surface area (Å²) >= 11 is 6.13. The van der Waals surface area contributed by atoms with E-state index in [1.807, 2.05) is 12.1 Å². The lowest BCUT2D eigenvalue weighted by Gasteiger charge is -2.22. The Morgan fingerprint density at radius 3 is 2.28 bits per heavy atom. The monoisotopic (exact) mass is 394 g/mol. The zero-order chi connectivity index (χ0) is 19.8. The number of fused-ring (bicyclic) bond motifs is 1. The second-order valence-electron chi connectivity index (χ2n) is 8.01. The van der Waals surface area contributed by atoms with Gasteiger partial charge in [-0.2, -0.15) is 0 Å². The van der Waals surface area contributed by atoms with Crippen molar-refractivity contribution >= 4 is 27.9 Å². The molecule has 5 rings (SSSR count). The highest BCUT2D eigenvalue weighted by Gasteiger charge is 2.31. The lowest BCUT2D eigenvalue weighted by Crippen LogP contribution is -2.06. The van der Waals surface area contributed by atoms with Crippen LogP contribution in [0.3, 0.4) is 0 Å². The average molecular weight is 395 g/mol. The summed E-state index contributed by atoms with van der Waals surface area (Å²) in [5.74, 6) is 0.793. The molecule has 29 heavy (non-hydrogen) atoms. The van der Waals surface area contributed by atoms with Crippen LogP contribution >= 0.6 is 11.6 Å². The van der Waals surface area contributed by atoms with Crippen LogP contribution < -0.4 is 0 Å². The van der Waals surface area contributed by atoms with E-state index in [0.717, 1.165) is 11.4 Å². The van der Waals surface area contributed by atoms with E-state index in [4.69, 9.17) is 11.6 Å². The molecule has 0 amide bonds. The van der Waals surface area contributed by atoms with Crippen molar-refractivity contribution in [1.29, 1.82) is 0 Å². The van der Waals surface area contributed by atoms with Gasteiger partial charge in [0.2, 0.25) is 0 Å². The normalized spacial score (nSPS) is 18.8. The molecule has 0 heterocycles. The largest absolute Gasteiger partial charge is 0.0843 e. The molecule has 0 fully saturated rings. The van der Waals surface area contributed by atoms with Crippen LogP contribution in [0.5, 0.6) is 0 Å². The van der Waals surface area contributed by atoms with Crippen molar-refractivity contribution in [2.24, 2.45) is 0 Å². The first-order valence-corrected chi connectivity index (χ1v) is 10.6. The summed E-state index contributed by atoms with van der Waals surface area (Å²) in [5, 5.41) is 3.46. The molecule has 0 bridgehead atoms. The van der Waals surface area contributed by atoms with E-state index in [1.165, 1.54) is 38.6 Å². The zero-order valence-corrected chi connectivity index (χ0v) is 17.2. The fourth-order valence-electron chi connectivity index (χ4n) is 4.64. The van der Waals surface area contributed by atoms with Crippen molar-refractivity contribution in [3.63, 3.8) is 0 Å². The highest BCUT2D eigenvalue weighted by Crippen LogP contribution is 2.49. The Balaban J connectivity index is 1.63. The maximum atomic E-state index is 6.13. The Morgan fingerprint density at radius 2 is 1.48 bits per heavy atom. The van der Waals surface area contributed by atoms with E-state index in [9.17, 15) is 0 Å². The van der Waals surface area contributed by atoms with Crippen molar-refractivity contribution in [2.75, 3.05) is 0 Å². The van der Waals surface area contributed by atoms with E-state index >= 15 is 0 Å². The Bertz CT molecular complexity index is 1180. The van der Waals surface area contributed by atoms with E-state index in [0.29, 0.717) is 11.8 Å². The van der Waals surface area contributed by atoms with Gasteiger partial charge in [-0.25, -0.2) is 0 Å². The van der Waals surface area contributed by atoms with Gasteiger partial charge >= 0.3 is 0 Å². The predicted molar refractivity (Wildman–Crippen MR) is 125 cm³/mol. The van der Waals surface area contributed by atoms with Crippen molar-refractivity contribution in [1.82, 2.24) is 0 Å². The SMILES string of the molecule is Cc1ccc([C@@H]2C=C(c3ccc(Cl)cc3)C[C@H]2c2cccc3ccccc23)cc1. The summed E-state index contributed by atoms with van der Waals surface area (Å²) in [7, 11) is 0. The van der Waals surface area contributed by atoms with Crippen LogP contribution in [0.1, 0.15) is 40.5 Å². The maximum absolute atomic E-state index is 6.13. The summed E-state index contributed by atoms with van der Waals surface area (Å²) in [6.07, 6.45) is 3.51. The zero-order valence-electron chi connectivity index (χ0n) is 16.5. The molecular weight excluding hydrogens is 372 g/mol. The number of hydrogen-bond acceptors (Lipinski definition) is 0. The molecule has 0 nitrogen and oxygen atoms in total. The second-order valence-corrected chi connectivity index (χ2v) is 8.45. The van der Waals surface area contributed by atoms with Gasteiger partial charge in [0.05, 0.1) is 0 Å². The smallest absolute Gasteiger partial charge is 0.0406 e. The molecule has 0 aromatic heterocycles. The molecule has 0 saturated carbocycles. The summed E-state index contributed by atoms with van der Waals surface area (Å²) < 4.78 is 0. The first-order chi connectivity index (χ1) is 14.2. The molecule has 0 saturated heterocycles. The first kappa shape index (κ1) is 18.2. The van der Waals surface area contributed by atoms with Gasteiger partial charge in [-0.15, -0.1) is 0 Å². The van der Waals surface area contributed by atoms with Crippen LogP contribution in [0, 0.1) is 6.92 Å². The van der Waals surface area contributed by atoms with Gasteiger partial charge in [0.15, 0.2) is 0 Å². The lowest BCUT2D eigenvalue weighted by molar-refractivity contribution is 0.673. The van der Waals surface area contributed by atoms with Gasteiger partial charge in [0.25, 0.3) is 0 Å². The highest BCUT2D eigenvalue weighted by atomic mass is 35.5. The fourth-order valence-corrected chi connectivity index (χ4v) is 4.76. The molecule has 0 aliphatic heterocycles. The molecule has 1 aliphatic carbocycles. The van der Waals surface area contributed by atoms with E-state index < -0.39 is 0 Å². The van der Waals surface area contributed by atoms with Gasteiger partial charge in [0.1, 0.15) is 0 Å². The Labute approximate surface area is 177 Å². The predicted octanol–water partition coefficient (Wildman–Crippen LogP) is 8.16. The third-order valence-electron chi connectivity index (χ3n) is 6.15. The quantitative estimate of drug-likeness (QED) is 0.328. The topological polar surface area (TPSA) is 0 Å². The molecule has 1 heteroatoms. The minimum Gasteiger partial charge on any atom is -0.0843 e. The van der Waals surface area contributed by atoms with E-state index in [-0.39, 0.29) is 0 Å². The third kappa shape index (κ3) is 3.50. The number of halogens is 1. The fraction of sp³-hybridized carbons (Fsp3) is 0.143. The lowest BCUT2D eigenvalue weighted by atomic mass is 9.81. The van der Waals surface area contributed by atoms with E-state index in [2.05, 4.69) is 91.9 Å². The summed E-state index contributed by atoms with van der Waals surface area (Å²) in [5.41, 5.74) is 6.81. The summed E-state index contributed by atoms with van der Waals surface area (Å²) in [6, 6.07) is 32.8. The second kappa shape index (κ2) is 7.54. The number of rotatable bonds is 3. The number of benzene rings is 4. The maximum Gasteiger partial charge on any atom is 0.0406 e. The van der Waals surface area contributed by atoms with Crippen molar-refractivity contribution in [3.05, 3.63) is 124 Å². The Kier molecular flexibility index (Phi) is 4.73. The summed E-state index contributed by atoms with van der Waals surface area (Å²) in [4.78, 5) is 0. The van der Waals surface area contributed by atoms with Crippen molar-refractivity contribution in [3.8, 4) is 0 Å². The molecule has 4 aromatic carbocycles. The molecule has 2 atom stereocenters. The van der Waals surface area contributed by atoms with Crippen LogP contribution in [-0.2, 0) is 0 Å². The highest BCUT2D eigenvalue weighted by molar-refractivity contribution is 6.30. The van der Waals surface area contributed by atoms with Crippen LogP contribution in [0.15, 0.2) is 97.1 Å². The van der Waals surface area contributed by atoms with Gasteiger partial charge in [0, 0.05) is 10.9 Å². The summed E-state index contributed by atoms with van der Waals surface area (Å²) in [6.45, 7) is 2.15. The van der Waals surface area contributed by atoms with Gasteiger partial charge in [-0.1, -0.05) is 102 Å².